The Labute approximate surface area is 211 Å². The number of benzene rings is 3. The molecule has 0 fully saturated rings. The molecule has 0 aromatic heterocycles. The van der Waals surface area contributed by atoms with Crippen molar-refractivity contribution in [2.45, 2.75) is 59.7 Å². The molecule has 4 rings (SSSR count). The first-order valence-electron chi connectivity index (χ1n) is 12.1. The Kier molecular flexibility index (Phi) is 6.76. The van der Waals surface area contributed by atoms with Gasteiger partial charge in [-0.15, -0.1) is 0 Å². The molecule has 3 aromatic rings. The fourth-order valence-corrected chi connectivity index (χ4v) is 4.87. The minimum absolute atomic E-state index is 0.270. The zero-order valence-electron chi connectivity index (χ0n) is 21.6. The lowest BCUT2D eigenvalue weighted by Gasteiger charge is -2.29. The minimum atomic E-state index is -1.18. The van der Waals surface area contributed by atoms with Gasteiger partial charge in [0, 0.05) is 23.4 Å². The number of hydrogen-bond acceptors (Lipinski definition) is 3. The van der Waals surface area contributed by atoms with E-state index in [2.05, 4.69) is 0 Å². The standard InChI is InChI=1S/C30H32FNO4/c1-17-10-12-20(13-11-17)26-22-14-15-32(28(33)21-8-7-9-23(31)19(21)3)24(22)16-18(2)25(26)27(29(34)35)36-30(4,5)6/h7-13,16,27H,14-15H2,1-6H3,(H,34,35)/t27-/m0/s1. The zero-order valence-corrected chi connectivity index (χ0v) is 21.6. The first-order valence-corrected chi connectivity index (χ1v) is 12.1. The van der Waals surface area contributed by atoms with Crippen molar-refractivity contribution in [2.75, 3.05) is 11.4 Å². The number of ether oxygens (including phenoxy) is 1. The molecule has 1 aliphatic rings. The molecule has 1 amide bonds. The first-order chi connectivity index (χ1) is 16.9. The second-order valence-corrected chi connectivity index (χ2v) is 10.4. The highest BCUT2D eigenvalue weighted by Gasteiger charge is 2.36. The highest BCUT2D eigenvalue weighted by atomic mass is 19.1. The summed E-state index contributed by atoms with van der Waals surface area (Å²) in [7, 11) is 0. The Balaban J connectivity index is 1.94. The van der Waals surface area contributed by atoms with Crippen molar-refractivity contribution >= 4 is 17.6 Å². The van der Waals surface area contributed by atoms with Gasteiger partial charge < -0.3 is 14.7 Å². The molecule has 188 valence electrons. The topological polar surface area (TPSA) is 66.8 Å². The number of hydrogen-bond donors (Lipinski definition) is 1. The fourth-order valence-electron chi connectivity index (χ4n) is 4.87. The third-order valence-electron chi connectivity index (χ3n) is 6.58. The van der Waals surface area contributed by atoms with Gasteiger partial charge >= 0.3 is 5.97 Å². The minimum Gasteiger partial charge on any atom is -0.479 e. The average Bonchev–Trinajstić information content (AvgIpc) is 3.21. The second kappa shape index (κ2) is 9.51. The first kappa shape index (κ1) is 25.6. The van der Waals surface area contributed by atoms with Crippen LogP contribution < -0.4 is 4.90 Å². The van der Waals surface area contributed by atoms with Gasteiger partial charge in [0.25, 0.3) is 5.91 Å². The van der Waals surface area contributed by atoms with E-state index in [0.717, 1.165) is 33.5 Å². The van der Waals surface area contributed by atoms with Gasteiger partial charge in [-0.1, -0.05) is 35.9 Å². The quantitative estimate of drug-likeness (QED) is 0.441. The van der Waals surface area contributed by atoms with Crippen LogP contribution in [0.3, 0.4) is 0 Å². The molecule has 0 spiro atoms. The molecule has 0 saturated heterocycles. The molecule has 6 heteroatoms. The van der Waals surface area contributed by atoms with E-state index in [0.29, 0.717) is 29.7 Å². The maximum absolute atomic E-state index is 14.2. The van der Waals surface area contributed by atoms with E-state index in [1.54, 1.807) is 24.0 Å². The SMILES string of the molecule is Cc1ccc(-c2c3c(cc(C)c2[C@H](OC(C)(C)C)C(=O)O)N(C(=O)c2cccc(F)c2C)CC3)cc1. The number of aryl methyl sites for hydroxylation is 2. The molecule has 3 aromatic carbocycles. The number of rotatable bonds is 5. The van der Waals surface area contributed by atoms with E-state index < -0.39 is 23.5 Å². The van der Waals surface area contributed by atoms with Gasteiger partial charge in [0.15, 0.2) is 6.10 Å². The molecule has 0 saturated carbocycles. The summed E-state index contributed by atoms with van der Waals surface area (Å²) in [6, 6.07) is 14.3. The number of nitrogens with zero attached hydrogens (tertiary/aromatic N) is 1. The van der Waals surface area contributed by atoms with Crippen LogP contribution in [0.15, 0.2) is 48.5 Å². The van der Waals surface area contributed by atoms with E-state index in [-0.39, 0.29) is 5.91 Å². The smallest absolute Gasteiger partial charge is 0.337 e. The van der Waals surface area contributed by atoms with Crippen LogP contribution in [0.1, 0.15) is 65.1 Å². The van der Waals surface area contributed by atoms with Crippen LogP contribution in [0.5, 0.6) is 0 Å². The monoisotopic (exact) mass is 489 g/mol. The van der Waals surface area contributed by atoms with Crippen LogP contribution in [0.2, 0.25) is 0 Å². The summed E-state index contributed by atoms with van der Waals surface area (Å²) >= 11 is 0. The summed E-state index contributed by atoms with van der Waals surface area (Å²) in [6.45, 7) is 11.4. The Hall–Kier alpha value is -3.51. The number of carboxylic acids is 1. The molecule has 1 heterocycles. The van der Waals surface area contributed by atoms with Gasteiger partial charge in [0.05, 0.1) is 5.60 Å². The summed E-state index contributed by atoms with van der Waals surface area (Å²) in [6.07, 6.45) is -0.629. The van der Waals surface area contributed by atoms with Crippen LogP contribution in [-0.4, -0.2) is 29.1 Å². The van der Waals surface area contributed by atoms with E-state index in [1.807, 2.05) is 65.0 Å². The molecule has 1 atom stereocenters. The van der Waals surface area contributed by atoms with Gasteiger partial charge in [-0.05, 0) is 94.0 Å². The van der Waals surface area contributed by atoms with Gasteiger partial charge in [-0.2, -0.15) is 0 Å². The van der Waals surface area contributed by atoms with Crippen LogP contribution >= 0.6 is 0 Å². The highest BCUT2D eigenvalue weighted by molar-refractivity contribution is 6.09. The Morgan fingerprint density at radius 1 is 1.06 bits per heavy atom. The number of carboxylic acid groups (broad SMARTS) is 1. The molecular formula is C30H32FNO4. The molecule has 36 heavy (non-hydrogen) atoms. The zero-order chi connectivity index (χ0) is 26.4. The lowest BCUT2D eigenvalue weighted by Crippen LogP contribution is -2.30. The van der Waals surface area contributed by atoms with E-state index in [1.165, 1.54) is 6.07 Å². The number of fused-ring (bicyclic) bond motifs is 1. The Morgan fingerprint density at radius 2 is 1.72 bits per heavy atom. The highest BCUT2D eigenvalue weighted by Crippen LogP contribution is 2.45. The number of aliphatic carboxylic acids is 1. The molecule has 1 aliphatic heterocycles. The molecule has 0 bridgehead atoms. The molecule has 0 aliphatic carbocycles. The number of halogens is 1. The molecule has 0 unspecified atom stereocenters. The Bertz CT molecular complexity index is 1340. The van der Waals surface area contributed by atoms with Crippen molar-refractivity contribution in [3.63, 3.8) is 0 Å². The maximum atomic E-state index is 14.2. The summed E-state index contributed by atoms with van der Waals surface area (Å²) in [4.78, 5) is 27.7. The summed E-state index contributed by atoms with van der Waals surface area (Å²) in [5.41, 5.74) is 5.62. The number of carbonyl (C=O) groups is 2. The predicted molar refractivity (Wildman–Crippen MR) is 139 cm³/mol. The van der Waals surface area contributed by atoms with E-state index in [4.69, 9.17) is 4.74 Å². The lowest BCUT2D eigenvalue weighted by molar-refractivity contribution is -0.160. The van der Waals surface area contributed by atoms with Crippen LogP contribution in [0.4, 0.5) is 10.1 Å². The predicted octanol–water partition coefficient (Wildman–Crippen LogP) is 6.56. The van der Waals surface area contributed by atoms with Crippen molar-refractivity contribution in [3.05, 3.63) is 87.7 Å². The van der Waals surface area contributed by atoms with Gasteiger partial charge in [0.1, 0.15) is 5.82 Å². The van der Waals surface area contributed by atoms with E-state index >= 15 is 0 Å². The number of anilines is 1. The van der Waals surface area contributed by atoms with E-state index in [9.17, 15) is 19.1 Å². The fraction of sp³-hybridized carbons (Fsp3) is 0.333. The maximum Gasteiger partial charge on any atom is 0.337 e. The van der Waals surface area contributed by atoms with Crippen molar-refractivity contribution in [1.82, 2.24) is 0 Å². The molecule has 1 N–H and O–H groups in total. The van der Waals surface area contributed by atoms with Gasteiger partial charge in [-0.25, -0.2) is 9.18 Å². The Morgan fingerprint density at radius 3 is 2.33 bits per heavy atom. The third kappa shape index (κ3) is 4.78. The van der Waals surface area contributed by atoms with Gasteiger partial charge in [-0.3, -0.25) is 4.79 Å². The van der Waals surface area contributed by atoms with Crippen molar-refractivity contribution in [2.24, 2.45) is 0 Å². The summed E-state index contributed by atoms with van der Waals surface area (Å²) in [5.74, 6) is -1.76. The van der Waals surface area contributed by atoms with Crippen molar-refractivity contribution < 1.29 is 23.8 Å². The number of amides is 1. The lowest BCUT2D eigenvalue weighted by atomic mass is 9.86. The van der Waals surface area contributed by atoms with Crippen molar-refractivity contribution in [1.29, 1.82) is 0 Å². The summed E-state index contributed by atoms with van der Waals surface area (Å²) < 4.78 is 20.3. The summed E-state index contributed by atoms with van der Waals surface area (Å²) in [5, 5.41) is 10.2. The van der Waals surface area contributed by atoms with Crippen LogP contribution in [0.25, 0.3) is 11.1 Å². The average molecular weight is 490 g/mol. The van der Waals surface area contributed by atoms with Crippen molar-refractivity contribution in [3.8, 4) is 11.1 Å². The second-order valence-electron chi connectivity index (χ2n) is 10.4. The molecule has 0 radical (unpaired) electrons. The third-order valence-corrected chi connectivity index (χ3v) is 6.58. The van der Waals surface area contributed by atoms with Gasteiger partial charge in [0.2, 0.25) is 0 Å². The van der Waals surface area contributed by atoms with Crippen LogP contribution in [-0.2, 0) is 16.0 Å². The largest absolute Gasteiger partial charge is 0.479 e. The normalized spacial score (nSPS) is 14.0. The molecular weight excluding hydrogens is 457 g/mol. The molecule has 5 nitrogen and oxygen atoms in total. The van der Waals surface area contributed by atoms with Crippen LogP contribution in [0, 0.1) is 26.6 Å². The number of carbonyl (C=O) groups excluding carboxylic acids is 1.